The van der Waals surface area contributed by atoms with Crippen molar-refractivity contribution in [3.05, 3.63) is 81.6 Å². The normalized spacial score (nSPS) is 16.2. The Morgan fingerprint density at radius 2 is 2.00 bits per heavy atom. The first kappa shape index (κ1) is 19.4. The van der Waals surface area contributed by atoms with Crippen molar-refractivity contribution in [2.24, 2.45) is 0 Å². The number of hydrogen-bond acceptors (Lipinski definition) is 3. The average molecular weight is 390 g/mol. The van der Waals surface area contributed by atoms with Gasteiger partial charge in [-0.1, -0.05) is 42.5 Å². The first-order valence-electron chi connectivity index (χ1n) is 10.2. The lowest BCUT2D eigenvalue weighted by atomic mass is 10.1. The topological polar surface area (TPSA) is 62.4 Å². The van der Waals surface area contributed by atoms with E-state index in [2.05, 4.69) is 17.1 Å². The largest absolute Gasteiger partial charge is 0.368 e. The van der Waals surface area contributed by atoms with E-state index in [0.29, 0.717) is 18.7 Å². The summed E-state index contributed by atoms with van der Waals surface area (Å²) in [5, 5.41) is 0.970. The Bertz CT molecular complexity index is 1050. The third-order valence-corrected chi connectivity index (χ3v) is 5.47. The van der Waals surface area contributed by atoms with E-state index >= 15 is 0 Å². The summed E-state index contributed by atoms with van der Waals surface area (Å²) in [4.78, 5) is 30.5. The maximum Gasteiger partial charge on any atom is 0.253 e. The highest BCUT2D eigenvalue weighted by Gasteiger charge is 2.28. The lowest BCUT2D eigenvalue weighted by molar-refractivity contribution is -0.141. The van der Waals surface area contributed by atoms with E-state index in [0.717, 1.165) is 35.7 Å². The van der Waals surface area contributed by atoms with Gasteiger partial charge in [0.2, 0.25) is 0 Å². The monoisotopic (exact) mass is 390 g/mol. The molecule has 1 aromatic heterocycles. The quantitative estimate of drug-likeness (QED) is 0.700. The molecule has 4 rings (SSSR count). The maximum absolute atomic E-state index is 13.1. The number of carbonyl (C=O) groups is 1. The van der Waals surface area contributed by atoms with Crippen LogP contribution in [0.1, 0.15) is 29.5 Å². The first-order chi connectivity index (χ1) is 14.1. The zero-order chi connectivity index (χ0) is 20.2. The van der Waals surface area contributed by atoms with Crippen LogP contribution in [0.3, 0.4) is 0 Å². The fourth-order valence-electron chi connectivity index (χ4n) is 3.84. The average Bonchev–Trinajstić information content (AvgIpc) is 3.26. The van der Waals surface area contributed by atoms with Gasteiger partial charge in [0.05, 0.1) is 6.54 Å². The van der Waals surface area contributed by atoms with Crippen LogP contribution in [-0.4, -0.2) is 35.0 Å². The molecule has 0 saturated carbocycles. The molecule has 150 valence electrons. The second kappa shape index (κ2) is 8.62. The first-order valence-corrected chi connectivity index (χ1v) is 10.2. The maximum atomic E-state index is 13.1. The van der Waals surface area contributed by atoms with Crippen LogP contribution in [0.2, 0.25) is 0 Å². The predicted octanol–water partition coefficient (Wildman–Crippen LogP) is 3.59. The van der Waals surface area contributed by atoms with Crippen LogP contribution in [0.25, 0.3) is 10.9 Å². The summed E-state index contributed by atoms with van der Waals surface area (Å²) in [5.41, 5.74) is 3.54. The lowest BCUT2D eigenvalue weighted by Gasteiger charge is -2.25. The van der Waals surface area contributed by atoms with E-state index in [1.807, 2.05) is 49.4 Å². The molecule has 0 radical (unpaired) electrons. The van der Waals surface area contributed by atoms with Crippen LogP contribution in [0.5, 0.6) is 0 Å². The van der Waals surface area contributed by atoms with Crippen LogP contribution in [0.4, 0.5) is 0 Å². The van der Waals surface area contributed by atoms with Gasteiger partial charge in [-0.05, 0) is 54.8 Å². The molecule has 1 amide bonds. The van der Waals surface area contributed by atoms with Gasteiger partial charge in [-0.2, -0.15) is 0 Å². The number of hydrogen-bond donors (Lipinski definition) is 1. The minimum atomic E-state index is -0.395. The number of nitrogens with zero attached hydrogens (tertiary/aromatic N) is 1. The van der Waals surface area contributed by atoms with Gasteiger partial charge >= 0.3 is 0 Å². The van der Waals surface area contributed by atoms with Crippen LogP contribution < -0.4 is 5.56 Å². The van der Waals surface area contributed by atoms with Crippen LogP contribution in [0.15, 0.2) is 59.4 Å². The number of fused-ring (bicyclic) bond motifs is 1. The Labute approximate surface area is 170 Å². The molecule has 1 atom stereocenters. The van der Waals surface area contributed by atoms with Gasteiger partial charge in [0, 0.05) is 24.2 Å². The van der Waals surface area contributed by atoms with E-state index in [1.165, 1.54) is 5.56 Å². The molecule has 0 spiro atoms. The molecule has 29 heavy (non-hydrogen) atoms. The molecule has 5 nitrogen and oxygen atoms in total. The standard InChI is InChI=1S/C24H26N2O3/c1-17-9-10-19-15-20(23(27)25-21(19)14-17)16-26(24(28)22-8-5-13-29-22)12-11-18-6-3-2-4-7-18/h2-4,6-7,9-10,14-15,22H,5,8,11-13,16H2,1H3,(H,25,27)/t22-/m0/s1. The SMILES string of the molecule is Cc1ccc2cc(CN(CCc3ccccc3)C(=O)[C@@H]3CCCO3)c(=O)[nH]c2c1. The minimum absolute atomic E-state index is 0.0261. The van der Waals surface area contributed by atoms with E-state index in [9.17, 15) is 9.59 Å². The van der Waals surface area contributed by atoms with Crippen molar-refractivity contribution in [3.8, 4) is 0 Å². The molecule has 1 fully saturated rings. The van der Waals surface area contributed by atoms with Crippen molar-refractivity contribution in [1.82, 2.24) is 9.88 Å². The number of aromatic nitrogens is 1. The van der Waals surface area contributed by atoms with Crippen LogP contribution >= 0.6 is 0 Å². The Kier molecular flexibility index (Phi) is 5.76. The summed E-state index contributed by atoms with van der Waals surface area (Å²) in [6.07, 6.45) is 1.99. The number of ether oxygens (including phenoxy) is 1. The molecule has 5 heteroatoms. The molecule has 1 N–H and O–H groups in total. The van der Waals surface area contributed by atoms with Gasteiger partial charge in [-0.25, -0.2) is 0 Å². The van der Waals surface area contributed by atoms with E-state index in [-0.39, 0.29) is 18.0 Å². The van der Waals surface area contributed by atoms with Crippen molar-refractivity contribution in [1.29, 1.82) is 0 Å². The molecule has 2 aromatic carbocycles. The summed E-state index contributed by atoms with van der Waals surface area (Å²) in [6.45, 7) is 3.45. The third kappa shape index (κ3) is 4.57. The molecule has 1 aliphatic rings. The fourth-order valence-corrected chi connectivity index (χ4v) is 3.84. The molecule has 2 heterocycles. The molecular weight excluding hydrogens is 364 g/mol. The van der Waals surface area contributed by atoms with Crippen LogP contribution in [-0.2, 0) is 22.5 Å². The molecule has 1 saturated heterocycles. The Morgan fingerprint density at radius 3 is 2.76 bits per heavy atom. The summed E-state index contributed by atoms with van der Waals surface area (Å²) in [5.74, 6) is -0.0261. The second-order valence-electron chi connectivity index (χ2n) is 7.71. The highest BCUT2D eigenvalue weighted by molar-refractivity contribution is 5.82. The molecule has 0 bridgehead atoms. The molecule has 3 aromatic rings. The van der Waals surface area contributed by atoms with Crippen molar-refractivity contribution in [2.75, 3.05) is 13.2 Å². The lowest BCUT2D eigenvalue weighted by Crippen LogP contribution is -2.40. The smallest absolute Gasteiger partial charge is 0.253 e. The highest BCUT2D eigenvalue weighted by atomic mass is 16.5. The number of carbonyl (C=O) groups excluding carboxylic acids is 1. The number of rotatable bonds is 6. The summed E-state index contributed by atoms with van der Waals surface area (Å²) in [6, 6.07) is 18.0. The summed E-state index contributed by atoms with van der Waals surface area (Å²) >= 11 is 0. The van der Waals surface area contributed by atoms with E-state index < -0.39 is 6.10 Å². The predicted molar refractivity (Wildman–Crippen MR) is 114 cm³/mol. The molecule has 0 aliphatic carbocycles. The Hall–Kier alpha value is -2.92. The molecule has 1 aliphatic heterocycles. The van der Waals surface area contributed by atoms with E-state index in [4.69, 9.17) is 4.74 Å². The zero-order valence-electron chi connectivity index (χ0n) is 16.7. The minimum Gasteiger partial charge on any atom is -0.368 e. The number of pyridine rings is 1. The van der Waals surface area contributed by atoms with Gasteiger partial charge in [0.1, 0.15) is 6.10 Å². The number of H-pyrrole nitrogens is 1. The number of nitrogens with one attached hydrogen (secondary N) is 1. The number of aryl methyl sites for hydroxylation is 1. The Balaban J connectivity index is 1.59. The summed E-state index contributed by atoms with van der Waals surface area (Å²) < 4.78 is 5.62. The van der Waals surface area contributed by atoms with Crippen molar-refractivity contribution < 1.29 is 9.53 Å². The number of amides is 1. The Morgan fingerprint density at radius 1 is 1.17 bits per heavy atom. The van der Waals surface area contributed by atoms with Gasteiger partial charge < -0.3 is 14.6 Å². The highest BCUT2D eigenvalue weighted by Crippen LogP contribution is 2.18. The van der Waals surface area contributed by atoms with Gasteiger partial charge in [0.15, 0.2) is 0 Å². The van der Waals surface area contributed by atoms with Gasteiger partial charge in [0.25, 0.3) is 11.5 Å². The molecule has 0 unspecified atom stereocenters. The number of aromatic amines is 1. The number of benzene rings is 2. The zero-order valence-corrected chi connectivity index (χ0v) is 16.7. The van der Waals surface area contributed by atoms with Crippen molar-refractivity contribution in [2.45, 2.75) is 38.8 Å². The second-order valence-corrected chi connectivity index (χ2v) is 7.71. The van der Waals surface area contributed by atoms with E-state index in [1.54, 1.807) is 4.90 Å². The van der Waals surface area contributed by atoms with Crippen LogP contribution in [0, 0.1) is 6.92 Å². The summed E-state index contributed by atoms with van der Waals surface area (Å²) in [7, 11) is 0. The van der Waals surface area contributed by atoms with Gasteiger partial charge in [-0.15, -0.1) is 0 Å². The third-order valence-electron chi connectivity index (χ3n) is 5.47. The van der Waals surface area contributed by atoms with Crippen molar-refractivity contribution >= 4 is 16.8 Å². The molecular formula is C24H26N2O3. The van der Waals surface area contributed by atoms with Crippen molar-refractivity contribution in [3.63, 3.8) is 0 Å². The fraction of sp³-hybridized carbons (Fsp3) is 0.333. The van der Waals surface area contributed by atoms with Gasteiger partial charge in [-0.3, -0.25) is 9.59 Å².